The topological polar surface area (TPSA) is 96.9 Å². The molecule has 0 spiro atoms. The zero-order chi connectivity index (χ0) is 20.3. The van der Waals surface area contributed by atoms with Gasteiger partial charge >= 0.3 is 17.8 Å². The highest BCUT2D eigenvalue weighted by molar-refractivity contribution is 7.17. The molecule has 7 nitrogen and oxygen atoms in total. The third-order valence-corrected chi connectivity index (χ3v) is 6.14. The number of carbonyl (C=O) groups excluding carboxylic acids is 3. The molecule has 0 radical (unpaired) electrons. The van der Waals surface area contributed by atoms with E-state index in [2.05, 4.69) is 15.8 Å². The molecule has 0 atom stereocenters. The van der Waals surface area contributed by atoms with Gasteiger partial charge in [-0.05, 0) is 30.9 Å². The number of methoxy groups -OCH3 is 1. The van der Waals surface area contributed by atoms with Crippen molar-refractivity contribution in [3.8, 4) is 0 Å². The smallest absolute Gasteiger partial charge is 0.341 e. The number of carbonyl (C=O) groups is 3. The van der Waals surface area contributed by atoms with Gasteiger partial charge in [0.1, 0.15) is 5.00 Å². The first-order valence-electron chi connectivity index (χ1n) is 8.23. The Labute approximate surface area is 174 Å². The molecule has 1 aromatic heterocycles. The summed E-state index contributed by atoms with van der Waals surface area (Å²) in [5.41, 5.74) is 3.79. The Morgan fingerprint density at radius 1 is 1.21 bits per heavy atom. The van der Waals surface area contributed by atoms with E-state index in [-0.39, 0.29) is 5.02 Å². The van der Waals surface area contributed by atoms with E-state index in [0.29, 0.717) is 21.2 Å². The van der Waals surface area contributed by atoms with Gasteiger partial charge in [-0.25, -0.2) is 10.2 Å². The van der Waals surface area contributed by atoms with E-state index < -0.39 is 17.8 Å². The predicted molar refractivity (Wildman–Crippen MR) is 109 cm³/mol. The maximum absolute atomic E-state index is 12.2. The molecule has 146 valence electrons. The van der Waals surface area contributed by atoms with Crippen molar-refractivity contribution in [3.63, 3.8) is 0 Å². The number of aryl methyl sites for hydroxylation is 1. The molecule has 0 bridgehead atoms. The summed E-state index contributed by atoms with van der Waals surface area (Å²) in [6.07, 6.45) is 3.79. The van der Waals surface area contributed by atoms with Gasteiger partial charge in [-0.3, -0.25) is 9.59 Å². The number of ether oxygens (including phenoxy) is 1. The van der Waals surface area contributed by atoms with Crippen LogP contribution in [0.25, 0.3) is 0 Å². The zero-order valence-corrected chi connectivity index (χ0v) is 17.0. The number of anilines is 1. The van der Waals surface area contributed by atoms with E-state index in [1.807, 2.05) is 0 Å². The highest BCUT2D eigenvalue weighted by Crippen LogP contribution is 2.39. The number of esters is 1. The Hall–Kier alpha value is -2.42. The molecule has 2 aromatic rings. The zero-order valence-electron chi connectivity index (χ0n) is 14.7. The van der Waals surface area contributed by atoms with Gasteiger partial charge in [-0.2, -0.15) is 5.10 Å². The molecule has 28 heavy (non-hydrogen) atoms. The molecular formula is C18H15Cl2N3O4S. The van der Waals surface area contributed by atoms with Crippen LogP contribution >= 0.6 is 34.5 Å². The third kappa shape index (κ3) is 4.19. The maximum Gasteiger partial charge on any atom is 0.341 e. The number of nitrogens with zero attached hydrogens (tertiary/aromatic N) is 1. The average molecular weight is 440 g/mol. The Morgan fingerprint density at radius 2 is 2.00 bits per heavy atom. The summed E-state index contributed by atoms with van der Waals surface area (Å²) in [5.74, 6) is -2.47. The van der Waals surface area contributed by atoms with Crippen LogP contribution < -0.4 is 10.7 Å². The van der Waals surface area contributed by atoms with Gasteiger partial charge in [0.2, 0.25) is 0 Å². The number of hydrazone groups is 1. The Balaban J connectivity index is 1.68. The standard InChI is InChI=1S/C18H15Cl2N3O4S/c1-27-18(26)13-10-5-3-7-12(10)28-17(13)22-15(24)16(25)23-21-8-9-4-2-6-11(19)14(9)20/h2,4,6,8H,3,5,7H2,1H3,(H,22,24)(H,23,25)/b21-8+. The summed E-state index contributed by atoms with van der Waals surface area (Å²) in [5, 5.41) is 7.11. The second kappa shape index (κ2) is 8.72. The van der Waals surface area contributed by atoms with Crippen LogP contribution in [0.3, 0.4) is 0 Å². The maximum atomic E-state index is 12.2. The summed E-state index contributed by atoms with van der Waals surface area (Å²) >= 11 is 13.2. The fourth-order valence-electron chi connectivity index (χ4n) is 2.80. The van der Waals surface area contributed by atoms with Crippen LogP contribution in [0.2, 0.25) is 10.0 Å². The Morgan fingerprint density at radius 3 is 2.75 bits per heavy atom. The summed E-state index contributed by atoms with van der Waals surface area (Å²) in [6, 6.07) is 4.94. The molecule has 3 rings (SSSR count). The lowest BCUT2D eigenvalue weighted by Crippen LogP contribution is -2.32. The van der Waals surface area contributed by atoms with E-state index in [0.717, 1.165) is 29.7 Å². The SMILES string of the molecule is COC(=O)c1c(NC(=O)C(=O)N/N=C/c2cccc(Cl)c2Cl)sc2c1CCC2. The number of thiophene rings is 1. The van der Waals surface area contributed by atoms with Gasteiger partial charge in [0.05, 0.1) is 28.9 Å². The van der Waals surface area contributed by atoms with Crippen LogP contribution in [-0.2, 0) is 27.2 Å². The van der Waals surface area contributed by atoms with Crippen molar-refractivity contribution in [1.29, 1.82) is 0 Å². The summed E-state index contributed by atoms with van der Waals surface area (Å²) < 4.78 is 4.81. The van der Waals surface area contributed by atoms with Crippen molar-refractivity contribution in [2.75, 3.05) is 12.4 Å². The second-order valence-electron chi connectivity index (χ2n) is 5.85. The first-order valence-corrected chi connectivity index (χ1v) is 9.80. The third-order valence-electron chi connectivity index (χ3n) is 4.10. The van der Waals surface area contributed by atoms with Gasteiger partial charge in [0.15, 0.2) is 0 Å². The Kier molecular flexibility index (Phi) is 6.33. The first-order chi connectivity index (χ1) is 13.4. The van der Waals surface area contributed by atoms with Crippen LogP contribution in [0.5, 0.6) is 0 Å². The lowest BCUT2D eigenvalue weighted by molar-refractivity contribution is -0.136. The number of benzene rings is 1. The van der Waals surface area contributed by atoms with Crippen molar-refractivity contribution in [3.05, 3.63) is 49.8 Å². The van der Waals surface area contributed by atoms with Crippen molar-refractivity contribution in [2.24, 2.45) is 5.10 Å². The van der Waals surface area contributed by atoms with E-state index in [1.54, 1.807) is 18.2 Å². The number of hydrogen-bond donors (Lipinski definition) is 2. The lowest BCUT2D eigenvalue weighted by Gasteiger charge is -2.06. The van der Waals surface area contributed by atoms with Crippen LogP contribution in [0.15, 0.2) is 23.3 Å². The molecule has 2 N–H and O–H groups in total. The summed E-state index contributed by atoms with van der Waals surface area (Å²) in [7, 11) is 1.27. The molecule has 0 fully saturated rings. The number of amides is 2. The molecule has 10 heteroatoms. The van der Waals surface area contributed by atoms with Crippen molar-refractivity contribution in [2.45, 2.75) is 19.3 Å². The van der Waals surface area contributed by atoms with Gasteiger partial charge in [-0.15, -0.1) is 11.3 Å². The predicted octanol–water partition coefficient (Wildman–Crippen LogP) is 3.42. The van der Waals surface area contributed by atoms with E-state index >= 15 is 0 Å². The molecule has 1 aliphatic carbocycles. The molecule has 1 aromatic carbocycles. The Bertz CT molecular complexity index is 987. The van der Waals surface area contributed by atoms with Crippen LogP contribution in [0, 0.1) is 0 Å². The van der Waals surface area contributed by atoms with Gasteiger partial charge in [0, 0.05) is 10.4 Å². The largest absolute Gasteiger partial charge is 0.465 e. The first kappa shape index (κ1) is 20.3. The molecule has 1 heterocycles. The monoisotopic (exact) mass is 439 g/mol. The quantitative estimate of drug-likeness (QED) is 0.330. The van der Waals surface area contributed by atoms with Crippen molar-refractivity contribution < 1.29 is 19.1 Å². The number of hydrogen-bond acceptors (Lipinski definition) is 6. The molecular weight excluding hydrogens is 425 g/mol. The number of halogens is 2. The fraction of sp³-hybridized carbons (Fsp3) is 0.222. The van der Waals surface area contributed by atoms with Crippen molar-refractivity contribution >= 4 is 63.5 Å². The average Bonchev–Trinajstić information content (AvgIpc) is 3.25. The van der Waals surface area contributed by atoms with Gasteiger partial charge in [0.25, 0.3) is 0 Å². The van der Waals surface area contributed by atoms with Gasteiger partial charge in [-0.1, -0.05) is 35.3 Å². The molecule has 2 amide bonds. The normalized spacial score (nSPS) is 12.7. The van der Waals surface area contributed by atoms with Crippen molar-refractivity contribution in [1.82, 2.24) is 5.43 Å². The minimum Gasteiger partial charge on any atom is -0.465 e. The molecule has 0 aliphatic heterocycles. The van der Waals surface area contributed by atoms with Crippen LogP contribution in [-0.4, -0.2) is 31.1 Å². The highest BCUT2D eigenvalue weighted by atomic mass is 35.5. The van der Waals surface area contributed by atoms with E-state index in [4.69, 9.17) is 27.9 Å². The number of nitrogens with one attached hydrogen (secondary N) is 2. The molecule has 0 saturated carbocycles. The fourth-order valence-corrected chi connectivity index (χ4v) is 4.43. The van der Waals surface area contributed by atoms with Crippen LogP contribution in [0.1, 0.15) is 32.8 Å². The second-order valence-corrected chi connectivity index (χ2v) is 7.74. The summed E-state index contributed by atoms with van der Waals surface area (Å²) in [4.78, 5) is 37.3. The molecule has 0 unspecified atom stereocenters. The minimum atomic E-state index is -0.987. The number of fused-ring (bicyclic) bond motifs is 1. The summed E-state index contributed by atoms with van der Waals surface area (Å²) in [6.45, 7) is 0. The van der Waals surface area contributed by atoms with E-state index in [1.165, 1.54) is 24.7 Å². The van der Waals surface area contributed by atoms with Crippen LogP contribution in [0.4, 0.5) is 5.00 Å². The minimum absolute atomic E-state index is 0.280. The molecule has 1 aliphatic rings. The molecule has 0 saturated heterocycles. The number of rotatable bonds is 4. The van der Waals surface area contributed by atoms with E-state index in [9.17, 15) is 14.4 Å². The lowest BCUT2D eigenvalue weighted by atomic mass is 10.1. The highest BCUT2D eigenvalue weighted by Gasteiger charge is 2.29. The van der Waals surface area contributed by atoms with Gasteiger partial charge < -0.3 is 10.1 Å².